The van der Waals surface area contributed by atoms with Crippen molar-refractivity contribution >= 4 is 40.0 Å². The molecule has 0 fully saturated rings. The van der Waals surface area contributed by atoms with Gasteiger partial charge in [-0.25, -0.2) is 0 Å². The predicted molar refractivity (Wildman–Crippen MR) is 125 cm³/mol. The summed E-state index contributed by atoms with van der Waals surface area (Å²) < 4.78 is 10.9. The molecular formula is C23H22ClN3O3S. The minimum absolute atomic E-state index is 0.249. The number of methoxy groups -OCH3 is 1. The third-order valence-electron chi connectivity index (χ3n) is 4.23. The number of halogens is 1. The van der Waals surface area contributed by atoms with Gasteiger partial charge in [-0.15, -0.1) is 10.2 Å². The average molecular weight is 456 g/mol. The van der Waals surface area contributed by atoms with Crippen LogP contribution in [0.1, 0.15) is 31.5 Å². The Kier molecular flexibility index (Phi) is 7.81. The number of hydrogen-bond donors (Lipinski definition) is 1. The zero-order chi connectivity index (χ0) is 22.2. The van der Waals surface area contributed by atoms with Crippen LogP contribution in [-0.2, 0) is 6.54 Å². The third-order valence-corrected chi connectivity index (χ3v) is 5.59. The zero-order valence-electron chi connectivity index (χ0n) is 17.2. The van der Waals surface area contributed by atoms with Crippen molar-refractivity contribution in [2.45, 2.75) is 13.5 Å². The quantitative estimate of drug-likeness (QED) is 0.455. The van der Waals surface area contributed by atoms with Gasteiger partial charge in [-0.05, 0) is 36.3 Å². The van der Waals surface area contributed by atoms with E-state index in [1.54, 1.807) is 31.4 Å². The number of carbonyl (C=O) groups excluding carboxylic acids is 1. The van der Waals surface area contributed by atoms with Crippen molar-refractivity contribution in [1.82, 2.24) is 15.5 Å². The largest absolute Gasteiger partial charge is 0.493 e. The van der Waals surface area contributed by atoms with E-state index < -0.39 is 0 Å². The maximum absolute atomic E-state index is 12.4. The molecule has 0 saturated heterocycles. The second-order valence-corrected chi connectivity index (χ2v) is 7.97. The number of hydrogen-bond acceptors (Lipinski definition) is 6. The van der Waals surface area contributed by atoms with Crippen molar-refractivity contribution in [3.8, 4) is 11.5 Å². The first-order valence-corrected chi connectivity index (χ1v) is 10.7. The fraction of sp³-hybridized carbons (Fsp3) is 0.174. The molecule has 1 heterocycles. The molecule has 1 amide bonds. The Morgan fingerprint density at radius 2 is 1.90 bits per heavy atom. The summed E-state index contributed by atoms with van der Waals surface area (Å²) in [7, 11) is 1.57. The van der Waals surface area contributed by atoms with Crippen molar-refractivity contribution in [1.29, 1.82) is 0 Å². The molecule has 0 saturated carbocycles. The van der Waals surface area contributed by atoms with Crippen LogP contribution >= 0.6 is 22.9 Å². The van der Waals surface area contributed by atoms with E-state index in [0.29, 0.717) is 34.7 Å². The van der Waals surface area contributed by atoms with Crippen LogP contribution in [0.25, 0.3) is 11.1 Å². The average Bonchev–Trinajstić information content (AvgIpc) is 3.28. The van der Waals surface area contributed by atoms with Crippen LogP contribution < -0.4 is 14.8 Å². The molecule has 0 radical (unpaired) electrons. The van der Waals surface area contributed by atoms with Crippen molar-refractivity contribution in [3.63, 3.8) is 0 Å². The highest BCUT2D eigenvalue weighted by Gasteiger charge is 2.15. The monoisotopic (exact) mass is 455 g/mol. The van der Waals surface area contributed by atoms with Crippen molar-refractivity contribution in [3.05, 3.63) is 81.8 Å². The number of amides is 1. The lowest BCUT2D eigenvalue weighted by Crippen LogP contribution is -2.22. The Balaban J connectivity index is 1.68. The van der Waals surface area contributed by atoms with Crippen LogP contribution in [0.5, 0.6) is 11.5 Å². The van der Waals surface area contributed by atoms with Crippen LogP contribution in [0, 0.1) is 6.92 Å². The molecule has 0 aliphatic rings. The summed E-state index contributed by atoms with van der Waals surface area (Å²) in [5.41, 5.74) is 2.98. The Labute approximate surface area is 190 Å². The number of aryl methyl sites for hydroxylation is 1. The Morgan fingerprint density at radius 3 is 2.61 bits per heavy atom. The van der Waals surface area contributed by atoms with Crippen molar-refractivity contribution < 1.29 is 14.3 Å². The lowest BCUT2D eigenvalue weighted by atomic mass is 10.1. The van der Waals surface area contributed by atoms with E-state index in [4.69, 9.17) is 21.1 Å². The molecule has 1 aromatic heterocycles. The fourth-order valence-corrected chi connectivity index (χ4v) is 3.57. The summed E-state index contributed by atoms with van der Waals surface area (Å²) in [4.78, 5) is 12.4. The van der Waals surface area contributed by atoms with E-state index >= 15 is 0 Å². The minimum Gasteiger partial charge on any atom is -0.493 e. The summed E-state index contributed by atoms with van der Waals surface area (Å²) >= 11 is 7.55. The van der Waals surface area contributed by atoms with Gasteiger partial charge in [0.15, 0.2) is 16.5 Å². The van der Waals surface area contributed by atoms with Gasteiger partial charge in [0.25, 0.3) is 5.91 Å². The smallest absolute Gasteiger partial charge is 0.282 e. The number of nitrogens with zero attached hydrogens (tertiary/aromatic N) is 2. The third kappa shape index (κ3) is 6.16. The van der Waals surface area contributed by atoms with Crippen LogP contribution in [0.3, 0.4) is 0 Å². The van der Waals surface area contributed by atoms with E-state index in [1.807, 2.05) is 37.3 Å². The highest BCUT2D eigenvalue weighted by atomic mass is 35.5. The number of nitrogens with one attached hydrogen (secondary N) is 1. The van der Waals surface area contributed by atoms with Gasteiger partial charge < -0.3 is 14.8 Å². The minimum atomic E-state index is -0.292. The molecule has 0 bridgehead atoms. The molecule has 8 heteroatoms. The molecule has 0 atom stereocenters. The van der Waals surface area contributed by atoms with Gasteiger partial charge in [0.05, 0.1) is 12.1 Å². The summed E-state index contributed by atoms with van der Waals surface area (Å²) in [5.74, 6) is 0.895. The van der Waals surface area contributed by atoms with E-state index in [9.17, 15) is 4.79 Å². The Bertz CT molecular complexity index is 1090. The molecular weight excluding hydrogens is 434 g/mol. The molecule has 31 heavy (non-hydrogen) atoms. The highest BCUT2D eigenvalue weighted by Crippen LogP contribution is 2.31. The van der Waals surface area contributed by atoms with E-state index in [-0.39, 0.29) is 10.9 Å². The molecule has 2 aromatic carbocycles. The SMILES string of the molecule is C=CCOc1ccc(/C=C(\Cl)c2nnc(C(=O)NCc3ccc(C)cc3)s2)cc1OC. The fourth-order valence-electron chi connectivity index (χ4n) is 2.63. The summed E-state index contributed by atoms with van der Waals surface area (Å²) in [6.45, 7) is 6.45. The molecule has 0 spiro atoms. The number of benzene rings is 2. The van der Waals surface area contributed by atoms with E-state index in [1.165, 1.54) is 5.56 Å². The first-order valence-electron chi connectivity index (χ1n) is 9.46. The second-order valence-electron chi connectivity index (χ2n) is 6.58. The molecule has 0 aliphatic heterocycles. The predicted octanol–water partition coefficient (Wildman–Crippen LogP) is 5.09. The molecule has 0 aliphatic carbocycles. The van der Waals surface area contributed by atoms with Crippen molar-refractivity contribution in [2.75, 3.05) is 13.7 Å². The maximum Gasteiger partial charge on any atom is 0.282 e. The van der Waals surface area contributed by atoms with Crippen LogP contribution in [0.2, 0.25) is 0 Å². The lowest BCUT2D eigenvalue weighted by Gasteiger charge is -2.09. The van der Waals surface area contributed by atoms with Gasteiger partial charge in [-0.3, -0.25) is 4.79 Å². The van der Waals surface area contributed by atoms with Gasteiger partial charge in [0.1, 0.15) is 6.61 Å². The molecule has 6 nitrogen and oxygen atoms in total. The number of ether oxygens (including phenoxy) is 2. The first-order chi connectivity index (χ1) is 15.0. The maximum atomic E-state index is 12.4. The van der Waals surface area contributed by atoms with Gasteiger partial charge in [0.2, 0.25) is 5.01 Å². The Morgan fingerprint density at radius 1 is 1.16 bits per heavy atom. The number of carbonyl (C=O) groups is 1. The first kappa shape index (κ1) is 22.5. The number of aromatic nitrogens is 2. The van der Waals surface area contributed by atoms with Gasteiger partial charge >= 0.3 is 0 Å². The van der Waals surface area contributed by atoms with Gasteiger partial charge in [-0.1, -0.05) is 71.5 Å². The number of rotatable bonds is 9. The van der Waals surface area contributed by atoms with E-state index in [0.717, 1.165) is 22.5 Å². The summed E-state index contributed by atoms with van der Waals surface area (Å²) in [6, 6.07) is 13.4. The van der Waals surface area contributed by atoms with Crippen molar-refractivity contribution in [2.24, 2.45) is 0 Å². The van der Waals surface area contributed by atoms with Gasteiger partial charge in [0, 0.05) is 6.54 Å². The summed E-state index contributed by atoms with van der Waals surface area (Å²) in [5, 5.41) is 11.9. The van der Waals surface area contributed by atoms with Crippen LogP contribution in [0.4, 0.5) is 0 Å². The lowest BCUT2D eigenvalue weighted by molar-refractivity contribution is 0.0950. The summed E-state index contributed by atoms with van der Waals surface area (Å²) in [6.07, 6.45) is 3.39. The molecule has 0 unspecified atom stereocenters. The van der Waals surface area contributed by atoms with Gasteiger partial charge in [-0.2, -0.15) is 0 Å². The Hall–Kier alpha value is -3.16. The standard InChI is InChI=1S/C23H22ClN3O3S/c1-4-11-30-19-10-9-17(13-20(19)29-3)12-18(24)22-26-27-23(31-22)21(28)25-14-16-7-5-15(2)6-8-16/h4-10,12-13H,1,11,14H2,2-3H3,(H,25,28)/b18-12-. The highest BCUT2D eigenvalue weighted by molar-refractivity contribution is 7.15. The normalized spacial score (nSPS) is 11.1. The van der Waals surface area contributed by atoms with E-state index in [2.05, 4.69) is 22.1 Å². The second kappa shape index (κ2) is 10.7. The molecule has 1 N–H and O–H groups in total. The zero-order valence-corrected chi connectivity index (χ0v) is 18.8. The topological polar surface area (TPSA) is 73.3 Å². The van der Waals surface area contributed by atoms with Crippen LogP contribution in [0.15, 0.2) is 55.1 Å². The molecule has 160 valence electrons. The molecule has 3 rings (SSSR count). The van der Waals surface area contributed by atoms with Crippen LogP contribution in [-0.4, -0.2) is 29.8 Å². The molecule has 3 aromatic rings.